The molecule has 0 heterocycles. The van der Waals surface area contributed by atoms with Crippen LogP contribution in [0, 0.1) is 0 Å². The zero-order chi connectivity index (χ0) is 10.1. The molecule has 0 aromatic rings. The lowest BCUT2D eigenvalue weighted by Gasteiger charge is -2.09. The lowest BCUT2D eigenvalue weighted by molar-refractivity contribution is 0.133. The van der Waals surface area contributed by atoms with Gasteiger partial charge in [-0.1, -0.05) is 0 Å². The van der Waals surface area contributed by atoms with Crippen LogP contribution < -0.4 is 0 Å². The van der Waals surface area contributed by atoms with E-state index < -0.39 is 20.2 Å². The summed E-state index contributed by atoms with van der Waals surface area (Å²) in [6, 6.07) is 0. The first-order valence-electron chi connectivity index (χ1n) is 4.10. The lowest BCUT2D eigenvalue weighted by Crippen LogP contribution is -2.17. The third kappa shape index (κ3) is 2.77. The summed E-state index contributed by atoms with van der Waals surface area (Å²) >= 11 is 0. The number of halogens is 3. The second kappa shape index (κ2) is 3.69. The maximum atomic E-state index is 11.7. The molecule has 78 valence electrons. The Kier molecular flexibility index (Phi) is 3.17. The van der Waals surface area contributed by atoms with Crippen LogP contribution in [0.15, 0.2) is 0 Å². The fourth-order valence-electron chi connectivity index (χ4n) is 1.33. The molecule has 1 aliphatic rings. The van der Waals surface area contributed by atoms with Gasteiger partial charge in [0.05, 0.1) is 4.75 Å². The van der Waals surface area contributed by atoms with Crippen molar-refractivity contribution in [1.29, 1.82) is 0 Å². The van der Waals surface area contributed by atoms with E-state index in [-0.39, 0.29) is 19.3 Å². The molecule has 0 aliphatic heterocycles. The van der Waals surface area contributed by atoms with E-state index in [0.29, 0.717) is 12.8 Å². The zero-order valence-corrected chi connectivity index (χ0v) is 8.54. The molecular weight excluding hydrogens is 222 g/mol. The first-order valence-corrected chi connectivity index (χ1v) is 6.41. The second-order valence-corrected chi connectivity index (χ2v) is 6.36. The molecular formula is C7H11ClF2O2S. The summed E-state index contributed by atoms with van der Waals surface area (Å²) < 4.78 is 44.6. The highest BCUT2D eigenvalue weighted by Crippen LogP contribution is 2.49. The number of hydrogen-bond donors (Lipinski definition) is 0. The molecule has 1 rings (SSSR count). The van der Waals surface area contributed by atoms with Gasteiger partial charge in [-0.05, 0) is 25.7 Å². The average Bonchev–Trinajstić information content (AvgIpc) is 2.65. The second-order valence-electron chi connectivity index (χ2n) is 3.40. The van der Waals surface area contributed by atoms with Crippen LogP contribution in [0.4, 0.5) is 8.78 Å². The minimum absolute atomic E-state index is 0.226. The molecule has 0 atom stereocenters. The van der Waals surface area contributed by atoms with Crippen LogP contribution in [-0.4, -0.2) is 19.6 Å². The van der Waals surface area contributed by atoms with Crippen LogP contribution in [0.25, 0.3) is 0 Å². The Morgan fingerprint density at radius 3 is 2.23 bits per heavy atom. The SMILES string of the molecule is O=S(=O)(Cl)C1(CCCC(F)F)CC1. The zero-order valence-electron chi connectivity index (χ0n) is 6.97. The van der Waals surface area contributed by atoms with E-state index in [1.807, 2.05) is 0 Å². The summed E-state index contributed by atoms with van der Waals surface area (Å²) in [6.45, 7) is 0. The van der Waals surface area contributed by atoms with Crippen molar-refractivity contribution < 1.29 is 17.2 Å². The summed E-state index contributed by atoms with van der Waals surface area (Å²) in [5.41, 5.74) is 0. The fraction of sp³-hybridized carbons (Fsp3) is 1.00. The minimum Gasteiger partial charge on any atom is -0.212 e. The highest BCUT2D eigenvalue weighted by atomic mass is 35.7. The molecule has 1 fully saturated rings. The molecule has 0 amide bonds. The summed E-state index contributed by atoms with van der Waals surface area (Å²) in [7, 11) is 1.63. The first-order chi connectivity index (χ1) is 5.87. The van der Waals surface area contributed by atoms with Crippen molar-refractivity contribution in [2.45, 2.75) is 43.3 Å². The summed E-state index contributed by atoms with van der Waals surface area (Å²) in [5, 5.41) is 0. The molecule has 6 heteroatoms. The van der Waals surface area contributed by atoms with Crippen LogP contribution >= 0.6 is 10.7 Å². The Morgan fingerprint density at radius 2 is 1.92 bits per heavy atom. The third-order valence-electron chi connectivity index (χ3n) is 2.38. The van der Waals surface area contributed by atoms with E-state index in [0.717, 1.165) is 0 Å². The van der Waals surface area contributed by atoms with Gasteiger partial charge in [0.2, 0.25) is 15.5 Å². The lowest BCUT2D eigenvalue weighted by atomic mass is 10.2. The van der Waals surface area contributed by atoms with Gasteiger partial charge in [0.25, 0.3) is 0 Å². The van der Waals surface area contributed by atoms with Crippen molar-refractivity contribution in [3.63, 3.8) is 0 Å². The molecule has 0 aromatic heterocycles. The van der Waals surface area contributed by atoms with Gasteiger partial charge in [-0.25, -0.2) is 17.2 Å². The molecule has 0 radical (unpaired) electrons. The van der Waals surface area contributed by atoms with Crippen LogP contribution in [-0.2, 0) is 9.05 Å². The van der Waals surface area contributed by atoms with Crippen LogP contribution in [0.3, 0.4) is 0 Å². The number of alkyl halides is 2. The molecule has 1 aliphatic carbocycles. The Morgan fingerprint density at radius 1 is 1.38 bits per heavy atom. The molecule has 2 nitrogen and oxygen atoms in total. The highest BCUT2D eigenvalue weighted by Gasteiger charge is 2.52. The van der Waals surface area contributed by atoms with E-state index in [2.05, 4.69) is 0 Å². The number of hydrogen-bond acceptors (Lipinski definition) is 2. The highest BCUT2D eigenvalue weighted by molar-refractivity contribution is 8.15. The normalized spacial score (nSPS) is 20.6. The summed E-state index contributed by atoms with van der Waals surface area (Å²) in [6.07, 6.45) is -1.07. The predicted octanol–water partition coefficient (Wildman–Crippen LogP) is 2.52. The van der Waals surface area contributed by atoms with Gasteiger partial charge in [-0.3, -0.25) is 0 Å². The van der Waals surface area contributed by atoms with Crippen molar-refractivity contribution >= 4 is 19.7 Å². The molecule has 0 spiro atoms. The van der Waals surface area contributed by atoms with Crippen molar-refractivity contribution in [2.75, 3.05) is 0 Å². The molecule has 0 N–H and O–H groups in total. The third-order valence-corrected chi connectivity index (χ3v) is 5.01. The topological polar surface area (TPSA) is 34.1 Å². The Labute approximate surface area is 80.7 Å². The van der Waals surface area contributed by atoms with Gasteiger partial charge in [-0.2, -0.15) is 0 Å². The standard InChI is InChI=1S/C7H11ClF2O2S/c8-13(11,12)7(4-5-7)3-1-2-6(9)10/h6H,1-5H2. The van der Waals surface area contributed by atoms with Gasteiger partial charge in [0.15, 0.2) is 0 Å². The van der Waals surface area contributed by atoms with Crippen molar-refractivity contribution in [3.05, 3.63) is 0 Å². The first kappa shape index (κ1) is 11.2. The quantitative estimate of drug-likeness (QED) is 0.683. The van der Waals surface area contributed by atoms with Gasteiger partial charge in [0, 0.05) is 17.1 Å². The largest absolute Gasteiger partial charge is 0.238 e. The van der Waals surface area contributed by atoms with Gasteiger partial charge >= 0.3 is 0 Å². The molecule has 0 bridgehead atoms. The Hall–Kier alpha value is 0.1000. The molecule has 0 aromatic carbocycles. The van der Waals surface area contributed by atoms with Crippen molar-refractivity contribution in [2.24, 2.45) is 0 Å². The summed E-state index contributed by atoms with van der Waals surface area (Å²) in [4.78, 5) is 0. The Balaban J connectivity index is 2.37. The van der Waals surface area contributed by atoms with Crippen molar-refractivity contribution in [1.82, 2.24) is 0 Å². The summed E-state index contributed by atoms with van der Waals surface area (Å²) in [5.74, 6) is 0. The van der Waals surface area contributed by atoms with Crippen molar-refractivity contribution in [3.8, 4) is 0 Å². The minimum atomic E-state index is -3.56. The number of rotatable bonds is 5. The Bertz CT molecular complexity index is 272. The maximum Gasteiger partial charge on any atom is 0.238 e. The van der Waals surface area contributed by atoms with E-state index in [4.69, 9.17) is 10.7 Å². The maximum absolute atomic E-state index is 11.7. The van der Waals surface area contributed by atoms with Crippen LogP contribution in [0.2, 0.25) is 0 Å². The smallest absolute Gasteiger partial charge is 0.212 e. The molecule has 0 unspecified atom stereocenters. The predicted molar refractivity (Wildman–Crippen MR) is 46.6 cm³/mol. The van der Waals surface area contributed by atoms with Gasteiger partial charge in [-0.15, -0.1) is 0 Å². The molecule has 0 saturated heterocycles. The van der Waals surface area contributed by atoms with E-state index in [1.54, 1.807) is 0 Å². The van der Waals surface area contributed by atoms with E-state index in [9.17, 15) is 17.2 Å². The van der Waals surface area contributed by atoms with Gasteiger partial charge < -0.3 is 0 Å². The monoisotopic (exact) mass is 232 g/mol. The molecule has 1 saturated carbocycles. The van der Waals surface area contributed by atoms with E-state index >= 15 is 0 Å². The average molecular weight is 233 g/mol. The fourth-order valence-corrected chi connectivity index (χ4v) is 3.01. The molecule has 13 heavy (non-hydrogen) atoms. The van der Waals surface area contributed by atoms with Crippen LogP contribution in [0.1, 0.15) is 32.1 Å². The van der Waals surface area contributed by atoms with Crippen LogP contribution in [0.5, 0.6) is 0 Å². The van der Waals surface area contributed by atoms with Gasteiger partial charge in [0.1, 0.15) is 0 Å². The van der Waals surface area contributed by atoms with E-state index in [1.165, 1.54) is 0 Å².